The van der Waals surface area contributed by atoms with E-state index in [0.717, 1.165) is 40.7 Å². The van der Waals surface area contributed by atoms with Gasteiger partial charge in [0.1, 0.15) is 9.86 Å². The summed E-state index contributed by atoms with van der Waals surface area (Å²) in [4.78, 5) is 24.4. The third-order valence-electron chi connectivity index (χ3n) is 5.00. The van der Waals surface area contributed by atoms with E-state index < -0.39 is 0 Å². The molecule has 1 amide bonds. The fourth-order valence-electron chi connectivity index (χ4n) is 3.79. The molecule has 7 heteroatoms. The molecule has 0 saturated heterocycles. The van der Waals surface area contributed by atoms with E-state index in [0.29, 0.717) is 11.8 Å². The monoisotopic (exact) mass is 393 g/mol. The number of hydrogen-bond donors (Lipinski definition) is 1. The third kappa shape index (κ3) is 3.83. The van der Waals surface area contributed by atoms with Crippen LogP contribution in [0, 0.1) is 0 Å². The molecule has 2 aliphatic rings. The number of fused-ring (bicyclic) bond motifs is 3. The van der Waals surface area contributed by atoms with Crippen LogP contribution in [0.1, 0.15) is 49.0 Å². The Kier molecular flexibility index (Phi) is 5.53. The summed E-state index contributed by atoms with van der Waals surface area (Å²) in [6.45, 7) is 0. The Balaban J connectivity index is 1.51. The normalized spacial score (nSPS) is 17.8. The van der Waals surface area contributed by atoms with E-state index in [2.05, 4.69) is 5.32 Å². The number of hydrogen-bond acceptors (Lipinski definition) is 6. The zero-order chi connectivity index (χ0) is 17.2. The second kappa shape index (κ2) is 7.84. The van der Waals surface area contributed by atoms with Crippen molar-refractivity contribution in [1.29, 1.82) is 0 Å². The van der Waals surface area contributed by atoms with Crippen LogP contribution in [-0.4, -0.2) is 33.9 Å². The zero-order valence-corrected chi connectivity index (χ0v) is 16.9. The lowest BCUT2D eigenvalue weighted by atomic mass is 9.95. The van der Waals surface area contributed by atoms with Crippen molar-refractivity contribution < 1.29 is 4.79 Å². The van der Waals surface area contributed by atoms with Crippen molar-refractivity contribution in [3.05, 3.63) is 10.4 Å². The summed E-state index contributed by atoms with van der Waals surface area (Å²) in [5.41, 5.74) is 1.43. The number of carbonyl (C=O) groups is 1. The summed E-state index contributed by atoms with van der Waals surface area (Å²) in [7, 11) is 0. The van der Waals surface area contributed by atoms with Gasteiger partial charge in [-0.25, -0.2) is 9.97 Å². The Morgan fingerprint density at radius 1 is 1.20 bits per heavy atom. The number of aromatic nitrogens is 2. The maximum absolute atomic E-state index is 12.4. The van der Waals surface area contributed by atoms with E-state index >= 15 is 0 Å². The van der Waals surface area contributed by atoms with Gasteiger partial charge in [-0.3, -0.25) is 4.79 Å². The molecule has 0 bridgehead atoms. The number of thiophene rings is 1. The number of amides is 1. The van der Waals surface area contributed by atoms with Gasteiger partial charge in [-0.15, -0.1) is 11.3 Å². The summed E-state index contributed by atoms with van der Waals surface area (Å²) in [6.07, 6.45) is 11.6. The Labute approximate surface area is 161 Å². The van der Waals surface area contributed by atoms with Crippen molar-refractivity contribution in [2.45, 2.75) is 67.6 Å². The molecule has 2 aromatic heterocycles. The zero-order valence-electron chi connectivity index (χ0n) is 14.5. The summed E-state index contributed by atoms with van der Waals surface area (Å²) in [5.74, 6) is 0.586. The second-order valence-electron chi connectivity index (χ2n) is 6.74. The van der Waals surface area contributed by atoms with E-state index in [1.807, 2.05) is 17.6 Å². The smallest absolute Gasteiger partial charge is 0.230 e. The molecule has 0 unspecified atom stereocenters. The molecule has 0 spiro atoms. The maximum Gasteiger partial charge on any atom is 0.230 e. The second-order valence-corrected chi connectivity index (χ2v) is 9.57. The van der Waals surface area contributed by atoms with Crippen LogP contribution in [0.3, 0.4) is 0 Å². The van der Waals surface area contributed by atoms with Crippen LogP contribution in [0.2, 0.25) is 0 Å². The summed E-state index contributed by atoms with van der Waals surface area (Å²) in [6, 6.07) is 0.374. The van der Waals surface area contributed by atoms with Gasteiger partial charge in [-0.05, 0) is 43.9 Å². The maximum atomic E-state index is 12.4. The predicted octanol–water partition coefficient (Wildman–Crippen LogP) is 4.44. The summed E-state index contributed by atoms with van der Waals surface area (Å²) < 4.78 is 0. The molecule has 2 heterocycles. The molecule has 0 radical (unpaired) electrons. The first-order valence-corrected chi connectivity index (χ1v) is 12.1. The van der Waals surface area contributed by atoms with Gasteiger partial charge >= 0.3 is 0 Å². The van der Waals surface area contributed by atoms with Crippen molar-refractivity contribution in [2.75, 3.05) is 12.0 Å². The predicted molar refractivity (Wildman–Crippen MR) is 107 cm³/mol. The van der Waals surface area contributed by atoms with E-state index in [1.54, 1.807) is 23.5 Å². The Bertz CT molecular complexity index is 783. The minimum atomic E-state index is 0.140. The highest BCUT2D eigenvalue weighted by molar-refractivity contribution is 8.00. The Morgan fingerprint density at radius 2 is 2.04 bits per heavy atom. The lowest BCUT2D eigenvalue weighted by Crippen LogP contribution is -2.37. The highest BCUT2D eigenvalue weighted by Crippen LogP contribution is 2.41. The van der Waals surface area contributed by atoms with Crippen molar-refractivity contribution in [3.8, 4) is 0 Å². The van der Waals surface area contributed by atoms with Crippen LogP contribution in [0.25, 0.3) is 10.2 Å². The molecular formula is C18H23N3OS3. The minimum Gasteiger partial charge on any atom is -0.353 e. The SMILES string of the molecule is CSc1nc(SCC(=O)NC2CCCCC2)c2c3c(sc2n1)CCC3. The average molecular weight is 394 g/mol. The molecule has 2 aromatic rings. The van der Waals surface area contributed by atoms with Crippen molar-refractivity contribution >= 4 is 51.0 Å². The number of thioether (sulfide) groups is 2. The number of rotatable bonds is 5. The quantitative estimate of drug-likeness (QED) is 0.462. The van der Waals surface area contributed by atoms with Gasteiger partial charge in [0.2, 0.25) is 5.91 Å². The lowest BCUT2D eigenvalue weighted by molar-refractivity contribution is -0.119. The van der Waals surface area contributed by atoms with Crippen LogP contribution in [0.4, 0.5) is 0 Å². The molecule has 0 aromatic carbocycles. The van der Waals surface area contributed by atoms with Crippen molar-refractivity contribution in [3.63, 3.8) is 0 Å². The number of nitrogens with zero attached hydrogens (tertiary/aromatic N) is 2. The van der Waals surface area contributed by atoms with E-state index in [9.17, 15) is 4.79 Å². The number of carbonyl (C=O) groups excluding carboxylic acids is 1. The Morgan fingerprint density at radius 3 is 2.84 bits per heavy atom. The first-order valence-electron chi connectivity index (χ1n) is 9.03. The van der Waals surface area contributed by atoms with Crippen molar-refractivity contribution in [2.24, 2.45) is 0 Å². The van der Waals surface area contributed by atoms with E-state index in [-0.39, 0.29) is 5.91 Å². The van der Waals surface area contributed by atoms with Crippen LogP contribution in [0.15, 0.2) is 10.2 Å². The fraction of sp³-hybridized carbons (Fsp3) is 0.611. The van der Waals surface area contributed by atoms with Gasteiger partial charge in [-0.2, -0.15) is 0 Å². The van der Waals surface area contributed by atoms with Gasteiger partial charge in [0, 0.05) is 16.3 Å². The molecular weight excluding hydrogens is 370 g/mol. The minimum absolute atomic E-state index is 0.140. The fourth-order valence-corrected chi connectivity index (χ4v) is 6.46. The molecule has 2 aliphatic carbocycles. The highest BCUT2D eigenvalue weighted by atomic mass is 32.2. The topological polar surface area (TPSA) is 54.9 Å². The molecule has 4 nitrogen and oxygen atoms in total. The molecule has 25 heavy (non-hydrogen) atoms. The first kappa shape index (κ1) is 17.6. The molecule has 134 valence electrons. The summed E-state index contributed by atoms with van der Waals surface area (Å²) >= 11 is 4.96. The molecule has 1 saturated carbocycles. The van der Waals surface area contributed by atoms with Gasteiger partial charge in [0.25, 0.3) is 0 Å². The third-order valence-corrected chi connectivity index (χ3v) is 7.71. The van der Waals surface area contributed by atoms with Crippen LogP contribution >= 0.6 is 34.9 Å². The Hall–Kier alpha value is -0.790. The van der Waals surface area contributed by atoms with Crippen LogP contribution < -0.4 is 5.32 Å². The van der Waals surface area contributed by atoms with Crippen LogP contribution in [-0.2, 0) is 17.6 Å². The van der Waals surface area contributed by atoms with Crippen molar-refractivity contribution in [1.82, 2.24) is 15.3 Å². The standard InChI is InChI=1S/C18H23N3OS3/c1-23-18-20-16(15-12-8-5-9-13(12)25-17(15)21-18)24-10-14(22)19-11-6-3-2-4-7-11/h11H,2-10H2,1H3,(H,19,22). The molecule has 0 atom stereocenters. The van der Waals surface area contributed by atoms with Gasteiger partial charge in [-0.1, -0.05) is 42.8 Å². The molecule has 0 aliphatic heterocycles. The number of nitrogens with one attached hydrogen (secondary N) is 1. The van der Waals surface area contributed by atoms with E-state index in [4.69, 9.17) is 9.97 Å². The van der Waals surface area contributed by atoms with Gasteiger partial charge in [0.15, 0.2) is 5.16 Å². The lowest BCUT2D eigenvalue weighted by Gasteiger charge is -2.22. The molecule has 1 N–H and O–H groups in total. The van der Waals surface area contributed by atoms with E-state index in [1.165, 1.54) is 41.5 Å². The highest BCUT2D eigenvalue weighted by Gasteiger charge is 2.23. The largest absolute Gasteiger partial charge is 0.353 e. The summed E-state index contributed by atoms with van der Waals surface area (Å²) in [5, 5.41) is 6.22. The molecule has 1 fully saturated rings. The van der Waals surface area contributed by atoms with Crippen LogP contribution in [0.5, 0.6) is 0 Å². The number of aryl methyl sites for hydroxylation is 2. The average Bonchev–Trinajstić information content (AvgIpc) is 3.21. The molecule has 4 rings (SSSR count). The van der Waals surface area contributed by atoms with Gasteiger partial charge < -0.3 is 5.32 Å². The van der Waals surface area contributed by atoms with Gasteiger partial charge in [0.05, 0.1) is 5.75 Å². The first-order chi connectivity index (χ1) is 12.2.